The molecule has 162 valence electrons. The molecule has 10 heteroatoms. The van der Waals surface area contributed by atoms with Crippen LogP contribution in [0.1, 0.15) is 11.1 Å². The van der Waals surface area contributed by atoms with Gasteiger partial charge in [0.05, 0.1) is 17.0 Å². The van der Waals surface area contributed by atoms with Crippen molar-refractivity contribution in [2.45, 2.75) is 23.3 Å². The normalized spacial score (nSPS) is 20.3. The van der Waals surface area contributed by atoms with Crippen molar-refractivity contribution >= 4 is 75.4 Å². The maximum absolute atomic E-state index is 12.6. The van der Waals surface area contributed by atoms with Crippen molar-refractivity contribution in [2.75, 3.05) is 13.2 Å². The molecule has 0 radical (unpaired) electrons. The molecule has 2 heterocycles. The number of rotatable bonds is 8. The zero-order chi connectivity index (χ0) is 21.8. The van der Waals surface area contributed by atoms with Crippen molar-refractivity contribution < 1.29 is 23.9 Å². The Bertz CT molecular complexity index is 1000. The van der Waals surface area contributed by atoms with E-state index in [0.717, 1.165) is 34.7 Å². The average molecular weight is 481 g/mol. The van der Waals surface area contributed by atoms with Gasteiger partial charge < -0.3 is 4.74 Å². The number of amides is 4. The van der Waals surface area contributed by atoms with Crippen LogP contribution in [0.3, 0.4) is 0 Å². The monoisotopic (exact) mass is 480 g/mol. The van der Waals surface area contributed by atoms with E-state index in [4.69, 9.17) is 4.74 Å². The Morgan fingerprint density at radius 3 is 2.16 bits per heavy atom. The van der Waals surface area contributed by atoms with Gasteiger partial charge in [-0.15, -0.1) is 0 Å². The molecule has 2 aromatic carbocycles. The minimum absolute atomic E-state index is 0. The van der Waals surface area contributed by atoms with Crippen LogP contribution in [0.25, 0.3) is 0 Å². The van der Waals surface area contributed by atoms with Crippen LogP contribution in [0.15, 0.2) is 54.6 Å². The van der Waals surface area contributed by atoms with Crippen LogP contribution in [0, 0.1) is 0 Å². The number of carbonyl (C=O) groups excluding carboxylic acids is 4. The number of carbonyl (C=O) groups is 4. The van der Waals surface area contributed by atoms with E-state index in [0.29, 0.717) is 18.6 Å². The predicted octanol–water partition coefficient (Wildman–Crippen LogP) is 2.62. The van der Waals surface area contributed by atoms with E-state index in [1.807, 2.05) is 42.5 Å². The molecule has 0 spiro atoms. The van der Waals surface area contributed by atoms with Gasteiger partial charge in [-0.2, -0.15) is 0 Å². The molecule has 4 rings (SSSR count). The third-order valence-electron chi connectivity index (χ3n) is 4.96. The van der Waals surface area contributed by atoms with E-state index in [-0.39, 0.29) is 65.0 Å². The second-order valence-corrected chi connectivity index (χ2v) is 9.46. The fourth-order valence-electron chi connectivity index (χ4n) is 3.38. The van der Waals surface area contributed by atoms with E-state index in [9.17, 15) is 19.2 Å². The Balaban J connectivity index is 0.00000289. The minimum atomic E-state index is -0.409. The van der Waals surface area contributed by atoms with Gasteiger partial charge >= 0.3 is 29.6 Å². The summed E-state index contributed by atoms with van der Waals surface area (Å²) in [6, 6.07) is 16.9. The quantitative estimate of drug-likeness (QED) is 0.581. The van der Waals surface area contributed by atoms with Gasteiger partial charge in [0, 0.05) is 0 Å². The van der Waals surface area contributed by atoms with Gasteiger partial charge in [-0.3, -0.25) is 29.4 Å². The number of ether oxygens (including phenoxy) is 1. The molecular weight excluding hydrogens is 459 g/mol. The molecule has 2 aromatic rings. The van der Waals surface area contributed by atoms with Gasteiger partial charge in [0.15, 0.2) is 0 Å². The first kappa shape index (κ1) is 24.9. The van der Waals surface area contributed by atoms with Crippen LogP contribution in [0.2, 0.25) is 0 Å². The molecule has 32 heavy (non-hydrogen) atoms. The van der Waals surface area contributed by atoms with Gasteiger partial charge in [0.2, 0.25) is 11.8 Å². The van der Waals surface area contributed by atoms with Gasteiger partial charge in [-0.05, 0) is 36.1 Å². The van der Waals surface area contributed by atoms with Crippen LogP contribution in [0.4, 0.5) is 9.59 Å². The second kappa shape index (κ2) is 11.4. The van der Waals surface area contributed by atoms with Crippen molar-refractivity contribution in [1.29, 1.82) is 0 Å². The Morgan fingerprint density at radius 2 is 1.50 bits per heavy atom. The zero-order valence-electron chi connectivity index (χ0n) is 16.5. The molecule has 2 fully saturated rings. The van der Waals surface area contributed by atoms with E-state index in [1.54, 1.807) is 12.1 Å². The summed E-state index contributed by atoms with van der Waals surface area (Å²) in [6.45, 7) is 0.392. The summed E-state index contributed by atoms with van der Waals surface area (Å²) in [5.41, 5.74) is 1.94. The molecule has 0 aromatic heterocycles. The zero-order valence-corrected chi connectivity index (χ0v) is 18.1. The van der Waals surface area contributed by atoms with Crippen LogP contribution in [-0.4, -0.2) is 80.4 Å². The molecule has 2 atom stereocenters. The first-order chi connectivity index (χ1) is 15.0. The van der Waals surface area contributed by atoms with E-state index >= 15 is 0 Å². The summed E-state index contributed by atoms with van der Waals surface area (Å²) in [6.07, 6.45) is 0.983. The van der Waals surface area contributed by atoms with Crippen molar-refractivity contribution in [2.24, 2.45) is 0 Å². The fourth-order valence-corrected chi connectivity index (χ4v) is 5.29. The number of hydrogen-bond acceptors (Lipinski definition) is 7. The van der Waals surface area contributed by atoms with E-state index < -0.39 is 10.5 Å². The Morgan fingerprint density at radius 1 is 0.844 bits per heavy atom. The first-order valence-electron chi connectivity index (χ1n) is 9.79. The molecule has 2 saturated heterocycles. The molecule has 7 nitrogen and oxygen atoms in total. The number of imide groups is 2. The van der Waals surface area contributed by atoms with Crippen LogP contribution in [-0.2, 0) is 22.4 Å². The van der Waals surface area contributed by atoms with Crippen molar-refractivity contribution in [3.63, 3.8) is 0 Å². The number of nitrogens with zero attached hydrogens (tertiary/aromatic N) is 1. The SMILES string of the molecule is O=C1NC(=O)C(Cc2ccc(OCCN3C(=O)SC(Cc4ccccc4)C3=O)cc2)S1.[NaH]. The molecule has 1 N–H and O–H groups in total. The molecule has 0 bridgehead atoms. The standard InChI is InChI=1S/C22H20N2O5S2.Na.H/c25-19-17(30-21(27)23-19)12-15-6-8-16(9-7-15)29-11-10-24-20(26)18(31-22(24)28)13-14-4-2-1-3-5-14;;/h1-9,17-18H,10-13H2,(H,23,25,27);;. The van der Waals surface area contributed by atoms with Gasteiger partial charge in [-0.25, -0.2) is 0 Å². The van der Waals surface area contributed by atoms with Gasteiger partial charge in [0.1, 0.15) is 12.4 Å². The summed E-state index contributed by atoms with van der Waals surface area (Å²) in [5, 5.41) is 0.911. The fraction of sp³-hybridized carbons (Fsp3) is 0.273. The van der Waals surface area contributed by atoms with Crippen LogP contribution >= 0.6 is 23.5 Å². The Labute approximate surface area is 216 Å². The number of benzene rings is 2. The van der Waals surface area contributed by atoms with Gasteiger partial charge in [-0.1, -0.05) is 66.0 Å². The molecule has 0 saturated carbocycles. The molecular formula is C22H21N2NaO5S2. The predicted molar refractivity (Wildman–Crippen MR) is 126 cm³/mol. The Kier molecular flexibility index (Phi) is 8.84. The van der Waals surface area contributed by atoms with Crippen molar-refractivity contribution in [3.8, 4) is 5.75 Å². The summed E-state index contributed by atoms with van der Waals surface area (Å²) in [4.78, 5) is 49.0. The number of hydrogen-bond donors (Lipinski definition) is 1. The second-order valence-electron chi connectivity index (χ2n) is 7.13. The summed E-state index contributed by atoms with van der Waals surface area (Å²) >= 11 is 2.06. The third-order valence-corrected chi connectivity index (χ3v) is 7.02. The molecule has 0 aliphatic carbocycles. The van der Waals surface area contributed by atoms with Crippen LogP contribution in [0.5, 0.6) is 5.75 Å². The first-order valence-corrected chi connectivity index (χ1v) is 11.5. The topological polar surface area (TPSA) is 92.8 Å². The molecule has 2 unspecified atom stereocenters. The summed E-state index contributed by atoms with van der Waals surface area (Å²) in [5.74, 6) is 0.161. The molecule has 2 aliphatic heterocycles. The average Bonchev–Trinajstić information content (AvgIpc) is 3.21. The third kappa shape index (κ3) is 6.17. The van der Waals surface area contributed by atoms with E-state index in [2.05, 4.69) is 5.32 Å². The van der Waals surface area contributed by atoms with Crippen molar-refractivity contribution in [1.82, 2.24) is 10.2 Å². The van der Waals surface area contributed by atoms with Crippen molar-refractivity contribution in [3.05, 3.63) is 65.7 Å². The van der Waals surface area contributed by atoms with Crippen LogP contribution < -0.4 is 10.1 Å². The molecule has 2 aliphatic rings. The maximum atomic E-state index is 12.6. The number of thioether (sulfide) groups is 2. The summed E-state index contributed by atoms with van der Waals surface area (Å²) < 4.78 is 5.69. The number of nitrogens with one attached hydrogen (secondary N) is 1. The van der Waals surface area contributed by atoms with Gasteiger partial charge in [0.25, 0.3) is 10.5 Å². The molecule has 4 amide bonds. The van der Waals surface area contributed by atoms with E-state index in [1.165, 1.54) is 4.90 Å². The summed E-state index contributed by atoms with van der Waals surface area (Å²) in [7, 11) is 0. The Hall–Kier alpha value is -1.78.